The van der Waals surface area contributed by atoms with Crippen molar-refractivity contribution in [1.29, 1.82) is 0 Å². The number of allylic oxidation sites excluding steroid dienone is 6. The number of fused-ring (bicyclic) bond motifs is 2. The van der Waals surface area contributed by atoms with Gasteiger partial charge in [0.25, 0.3) is 0 Å². The molecule has 8 atom stereocenters. The van der Waals surface area contributed by atoms with E-state index in [1.54, 1.807) is 12.1 Å². The highest BCUT2D eigenvalue weighted by atomic mass is 19.1. The number of carbonyl (C=O) groups excluding carboxylic acids is 2. The van der Waals surface area contributed by atoms with E-state index >= 15 is 0 Å². The summed E-state index contributed by atoms with van der Waals surface area (Å²) in [5.41, 5.74) is 3.35. The Hall–Kier alpha value is -2.89. The van der Waals surface area contributed by atoms with Crippen molar-refractivity contribution in [2.45, 2.75) is 65.0 Å². The van der Waals surface area contributed by atoms with Crippen LogP contribution in [0, 0.1) is 41.3 Å². The zero-order valence-corrected chi connectivity index (χ0v) is 22.0. The van der Waals surface area contributed by atoms with E-state index in [9.17, 15) is 14.0 Å². The summed E-state index contributed by atoms with van der Waals surface area (Å²) in [6.45, 7) is 6.39. The SMILES string of the molecule is CCOC(=O)N[C@@H]1CC[C@@H]2[C@H](C1)C[C@@H]1C(=O)O[C@H](C)[C@@H]1[C@@H]2/C=C/C1=CC=C(c2cccc(F)c2)C(C)C1.[HH]. The largest absolute Gasteiger partial charge is 0.462 e. The van der Waals surface area contributed by atoms with E-state index in [1.807, 2.05) is 19.9 Å². The number of amides is 1. The van der Waals surface area contributed by atoms with Crippen LogP contribution in [0.5, 0.6) is 0 Å². The Morgan fingerprint density at radius 3 is 2.84 bits per heavy atom. The Morgan fingerprint density at radius 2 is 2.08 bits per heavy atom. The number of hydrogen-bond donors (Lipinski definition) is 1. The molecule has 5 rings (SSSR count). The molecule has 1 amide bonds. The highest BCUT2D eigenvalue weighted by Gasteiger charge is 2.54. The second-order valence-corrected chi connectivity index (χ2v) is 11.3. The van der Waals surface area contributed by atoms with Gasteiger partial charge in [-0.1, -0.05) is 43.4 Å². The van der Waals surface area contributed by atoms with Crippen LogP contribution in [0.15, 0.2) is 54.1 Å². The summed E-state index contributed by atoms with van der Waals surface area (Å²) in [4.78, 5) is 24.7. The molecule has 3 fully saturated rings. The van der Waals surface area contributed by atoms with Gasteiger partial charge in [0.2, 0.25) is 0 Å². The Labute approximate surface area is 220 Å². The van der Waals surface area contributed by atoms with Crippen molar-refractivity contribution in [3.8, 4) is 0 Å². The monoisotopic (exact) mass is 509 g/mol. The lowest BCUT2D eigenvalue weighted by Gasteiger charge is -2.47. The number of ether oxygens (including phenoxy) is 2. The molecule has 0 spiro atoms. The first-order chi connectivity index (χ1) is 17.8. The lowest BCUT2D eigenvalue weighted by Crippen LogP contribution is -2.48. The summed E-state index contributed by atoms with van der Waals surface area (Å²) in [5, 5.41) is 3.02. The van der Waals surface area contributed by atoms with Gasteiger partial charge in [0.1, 0.15) is 11.9 Å². The molecule has 1 heterocycles. The Balaban J connectivity index is 0.00000336. The first kappa shape index (κ1) is 25.7. The first-order valence-corrected chi connectivity index (χ1v) is 13.8. The van der Waals surface area contributed by atoms with Gasteiger partial charge in [0.05, 0.1) is 12.5 Å². The van der Waals surface area contributed by atoms with Crippen LogP contribution in [0.25, 0.3) is 5.57 Å². The predicted octanol–water partition coefficient (Wildman–Crippen LogP) is 6.71. The minimum absolute atomic E-state index is 0. The van der Waals surface area contributed by atoms with Crippen LogP contribution in [-0.4, -0.2) is 30.8 Å². The highest BCUT2D eigenvalue weighted by Crippen LogP contribution is 2.53. The number of hydrogen-bond acceptors (Lipinski definition) is 4. The summed E-state index contributed by atoms with van der Waals surface area (Å²) in [6.07, 6.45) is 13.0. The maximum absolute atomic E-state index is 13.8. The third-order valence-corrected chi connectivity index (χ3v) is 8.99. The van der Waals surface area contributed by atoms with Crippen LogP contribution in [0.1, 0.15) is 59.9 Å². The van der Waals surface area contributed by atoms with Crippen LogP contribution in [-0.2, 0) is 14.3 Å². The first-order valence-electron chi connectivity index (χ1n) is 13.8. The summed E-state index contributed by atoms with van der Waals surface area (Å²) in [7, 11) is 0. The van der Waals surface area contributed by atoms with Gasteiger partial charge in [0.15, 0.2) is 0 Å². The number of cyclic esters (lactones) is 1. The number of alkyl carbamates (subject to hydrolysis) is 1. The van der Waals surface area contributed by atoms with Gasteiger partial charge in [-0.05, 0) is 98.5 Å². The molecule has 37 heavy (non-hydrogen) atoms. The van der Waals surface area contributed by atoms with Gasteiger partial charge in [-0.2, -0.15) is 0 Å². The Bertz CT molecular complexity index is 1130. The maximum Gasteiger partial charge on any atom is 0.407 e. The maximum atomic E-state index is 13.8. The standard InChI is InChI=1S/C31H38FNO4.H2/c1-4-36-31(35)33-24-10-13-26-22(16-24)17-28-29(19(3)37-30(28)34)27(26)12-9-20-8-11-25(18(2)14-20)21-6-5-7-23(32)15-21;/h5-9,11-12,15,18-19,22,24,26-29H,4,10,13-14,16-17H2,1-3H3,(H,33,35);1H/b12-9+;/t18?,19-,22-,24-,26-,27-,28+,29-;/m1./s1. The molecule has 1 aliphatic heterocycles. The van der Waals surface area contributed by atoms with Crippen molar-refractivity contribution in [2.75, 3.05) is 6.61 Å². The molecule has 2 saturated carbocycles. The molecule has 0 bridgehead atoms. The smallest absolute Gasteiger partial charge is 0.407 e. The molecule has 1 aromatic carbocycles. The lowest BCUT2D eigenvalue weighted by molar-refractivity contribution is -0.144. The fourth-order valence-electron chi connectivity index (χ4n) is 7.39. The number of rotatable bonds is 5. The minimum atomic E-state index is -0.353. The Kier molecular flexibility index (Phi) is 7.55. The average Bonchev–Trinajstić information content (AvgIpc) is 3.14. The van der Waals surface area contributed by atoms with Crippen LogP contribution >= 0.6 is 0 Å². The number of esters is 1. The summed E-state index contributed by atoms with van der Waals surface area (Å²) in [5.74, 6) is 1.23. The number of halogens is 1. The molecule has 200 valence electrons. The van der Waals surface area contributed by atoms with Crippen molar-refractivity contribution >= 4 is 17.6 Å². The molecule has 5 nitrogen and oxygen atoms in total. The van der Waals surface area contributed by atoms with E-state index in [-0.39, 0.29) is 55.1 Å². The molecule has 1 aromatic rings. The summed E-state index contributed by atoms with van der Waals surface area (Å²) >= 11 is 0. The van der Waals surface area contributed by atoms with Gasteiger partial charge < -0.3 is 14.8 Å². The third kappa shape index (κ3) is 5.39. The molecule has 0 aromatic heterocycles. The lowest BCUT2D eigenvalue weighted by atomic mass is 9.57. The number of carbonyl (C=O) groups is 2. The van der Waals surface area contributed by atoms with Crippen molar-refractivity contribution in [3.63, 3.8) is 0 Å². The topological polar surface area (TPSA) is 64.6 Å². The highest BCUT2D eigenvalue weighted by molar-refractivity contribution is 5.75. The van der Waals surface area contributed by atoms with Crippen molar-refractivity contribution in [3.05, 3.63) is 65.5 Å². The van der Waals surface area contributed by atoms with Gasteiger partial charge >= 0.3 is 12.1 Å². The van der Waals surface area contributed by atoms with Crippen molar-refractivity contribution in [1.82, 2.24) is 5.32 Å². The Morgan fingerprint density at radius 1 is 1.24 bits per heavy atom. The van der Waals surface area contributed by atoms with E-state index in [1.165, 1.54) is 11.6 Å². The minimum Gasteiger partial charge on any atom is -0.462 e. The fourth-order valence-corrected chi connectivity index (χ4v) is 7.39. The van der Waals surface area contributed by atoms with Crippen molar-refractivity contribution in [2.24, 2.45) is 35.5 Å². The van der Waals surface area contributed by atoms with Crippen LogP contribution in [0.4, 0.5) is 9.18 Å². The molecular formula is C31H40FNO4. The van der Waals surface area contributed by atoms with Crippen LogP contribution in [0.2, 0.25) is 0 Å². The molecule has 0 radical (unpaired) electrons. The predicted molar refractivity (Wildman–Crippen MR) is 143 cm³/mol. The zero-order chi connectivity index (χ0) is 26.1. The molecule has 6 heteroatoms. The van der Waals surface area contributed by atoms with Gasteiger partial charge in [-0.15, -0.1) is 0 Å². The second kappa shape index (κ2) is 10.8. The second-order valence-electron chi connectivity index (χ2n) is 11.3. The van der Waals surface area contributed by atoms with Crippen molar-refractivity contribution < 1.29 is 24.9 Å². The third-order valence-electron chi connectivity index (χ3n) is 8.99. The average molecular weight is 510 g/mol. The van der Waals surface area contributed by atoms with E-state index in [4.69, 9.17) is 9.47 Å². The van der Waals surface area contributed by atoms with Gasteiger partial charge in [-0.3, -0.25) is 4.79 Å². The molecule has 1 saturated heterocycles. The van der Waals surface area contributed by atoms with Gasteiger partial charge in [-0.25, -0.2) is 9.18 Å². The van der Waals surface area contributed by atoms with Crippen LogP contribution < -0.4 is 5.32 Å². The molecular weight excluding hydrogens is 469 g/mol. The molecule has 1 unspecified atom stereocenters. The molecule has 1 N–H and O–H groups in total. The normalized spacial score (nSPS) is 35.2. The van der Waals surface area contributed by atoms with E-state index in [2.05, 4.69) is 36.5 Å². The fraction of sp³-hybridized carbons (Fsp3) is 0.548. The summed E-state index contributed by atoms with van der Waals surface area (Å²) in [6, 6.07) is 6.89. The van der Waals surface area contributed by atoms with E-state index < -0.39 is 0 Å². The zero-order valence-electron chi connectivity index (χ0n) is 22.0. The number of benzene rings is 1. The van der Waals surface area contributed by atoms with Gasteiger partial charge in [0, 0.05) is 13.4 Å². The molecule has 4 aliphatic rings. The quantitative estimate of drug-likeness (QED) is 0.448. The van der Waals surface area contributed by atoms with E-state index in [0.717, 1.165) is 43.2 Å². The van der Waals surface area contributed by atoms with Crippen LogP contribution in [0.3, 0.4) is 0 Å². The summed E-state index contributed by atoms with van der Waals surface area (Å²) < 4.78 is 24.6. The van der Waals surface area contributed by atoms with E-state index in [0.29, 0.717) is 18.4 Å². The number of nitrogens with one attached hydrogen (secondary N) is 1. The molecule has 3 aliphatic carbocycles.